The second kappa shape index (κ2) is 3.45. The maximum Gasteiger partial charge on any atom is 0.115 e. The fraction of sp³-hybridized carbons (Fsp3) is 0.417. The van der Waals surface area contributed by atoms with Gasteiger partial charge in [0.2, 0.25) is 0 Å². The van der Waals surface area contributed by atoms with E-state index in [9.17, 15) is 0 Å². The lowest BCUT2D eigenvalue weighted by atomic mass is 9.95. The number of nitrogens with zero attached hydrogens (tertiary/aromatic N) is 1. The van der Waals surface area contributed by atoms with Gasteiger partial charge in [-0.25, -0.2) is 0 Å². The Kier molecular flexibility index (Phi) is 2.28. The second-order valence-electron chi connectivity index (χ2n) is 3.98. The van der Waals surface area contributed by atoms with Crippen molar-refractivity contribution < 1.29 is 4.74 Å². The summed E-state index contributed by atoms with van der Waals surface area (Å²) in [7, 11) is 0. The van der Waals surface area contributed by atoms with E-state index < -0.39 is 0 Å². The Labute approximate surface area is 84.6 Å². The molecule has 1 aliphatic rings. The highest BCUT2D eigenvalue weighted by molar-refractivity contribution is 5.35. The van der Waals surface area contributed by atoms with Gasteiger partial charge in [-0.2, -0.15) is 0 Å². The van der Waals surface area contributed by atoms with Crippen LogP contribution >= 0.6 is 0 Å². The number of pyridine rings is 1. The molecule has 2 heterocycles. The SMILES string of the molecule is C=C1Cc2nccc(C(C)C)c2CO1. The molecule has 0 saturated heterocycles. The van der Waals surface area contributed by atoms with Crippen molar-refractivity contribution in [1.82, 2.24) is 4.98 Å². The molecule has 0 amide bonds. The molecule has 0 N–H and O–H groups in total. The molecule has 0 spiro atoms. The summed E-state index contributed by atoms with van der Waals surface area (Å²) in [5.41, 5.74) is 3.74. The normalized spacial score (nSPS) is 15.2. The van der Waals surface area contributed by atoms with Crippen LogP contribution in [0.15, 0.2) is 24.6 Å². The molecule has 74 valence electrons. The van der Waals surface area contributed by atoms with Crippen LogP contribution in [-0.4, -0.2) is 4.98 Å². The van der Waals surface area contributed by atoms with Gasteiger partial charge in [-0.3, -0.25) is 4.98 Å². The Morgan fingerprint density at radius 1 is 1.50 bits per heavy atom. The van der Waals surface area contributed by atoms with Crippen LogP contribution in [0.25, 0.3) is 0 Å². The van der Waals surface area contributed by atoms with Crippen LogP contribution in [0, 0.1) is 0 Å². The second-order valence-corrected chi connectivity index (χ2v) is 3.98. The van der Waals surface area contributed by atoms with Crippen molar-refractivity contribution in [2.75, 3.05) is 0 Å². The van der Waals surface area contributed by atoms with Crippen LogP contribution in [0.2, 0.25) is 0 Å². The van der Waals surface area contributed by atoms with Gasteiger partial charge in [-0.05, 0) is 17.5 Å². The molecular formula is C12H15NO. The van der Waals surface area contributed by atoms with E-state index in [4.69, 9.17) is 4.74 Å². The monoisotopic (exact) mass is 189 g/mol. The highest BCUT2D eigenvalue weighted by atomic mass is 16.5. The van der Waals surface area contributed by atoms with E-state index in [1.54, 1.807) is 0 Å². The molecule has 2 heteroatoms. The molecule has 0 atom stereocenters. The number of allylic oxidation sites excluding steroid dienone is 1. The number of rotatable bonds is 1. The molecule has 0 bridgehead atoms. The van der Waals surface area contributed by atoms with Crippen LogP contribution in [0.3, 0.4) is 0 Å². The molecule has 1 aliphatic heterocycles. The van der Waals surface area contributed by atoms with Crippen molar-refractivity contribution in [3.05, 3.63) is 41.4 Å². The average molecular weight is 189 g/mol. The minimum Gasteiger partial charge on any atom is -0.493 e. The van der Waals surface area contributed by atoms with E-state index in [1.807, 2.05) is 6.20 Å². The van der Waals surface area contributed by atoms with Gasteiger partial charge in [0, 0.05) is 18.2 Å². The van der Waals surface area contributed by atoms with E-state index in [-0.39, 0.29) is 0 Å². The summed E-state index contributed by atoms with van der Waals surface area (Å²) >= 11 is 0. The lowest BCUT2D eigenvalue weighted by Gasteiger charge is -2.22. The van der Waals surface area contributed by atoms with Crippen LogP contribution in [0.5, 0.6) is 0 Å². The maximum atomic E-state index is 5.46. The molecule has 1 aromatic heterocycles. The van der Waals surface area contributed by atoms with Gasteiger partial charge in [0.1, 0.15) is 6.61 Å². The Balaban J connectivity index is 2.46. The van der Waals surface area contributed by atoms with Crippen LogP contribution < -0.4 is 0 Å². The molecule has 2 nitrogen and oxygen atoms in total. The zero-order chi connectivity index (χ0) is 10.1. The van der Waals surface area contributed by atoms with E-state index in [0.29, 0.717) is 12.5 Å². The summed E-state index contributed by atoms with van der Waals surface area (Å²) in [6.07, 6.45) is 2.64. The number of hydrogen-bond acceptors (Lipinski definition) is 2. The molecule has 0 unspecified atom stereocenters. The zero-order valence-corrected chi connectivity index (χ0v) is 8.71. The molecule has 2 rings (SSSR count). The van der Waals surface area contributed by atoms with Crippen LogP contribution in [0.1, 0.15) is 36.6 Å². The fourth-order valence-corrected chi connectivity index (χ4v) is 1.82. The highest BCUT2D eigenvalue weighted by Gasteiger charge is 2.18. The van der Waals surface area contributed by atoms with Gasteiger partial charge in [0.05, 0.1) is 11.5 Å². The van der Waals surface area contributed by atoms with Crippen molar-refractivity contribution in [2.24, 2.45) is 0 Å². The minimum atomic E-state index is 0.529. The predicted molar refractivity (Wildman–Crippen MR) is 56.0 cm³/mol. The van der Waals surface area contributed by atoms with Gasteiger partial charge in [0.25, 0.3) is 0 Å². The number of ether oxygens (including phenoxy) is 1. The summed E-state index contributed by atoms with van der Waals surface area (Å²) < 4.78 is 5.46. The summed E-state index contributed by atoms with van der Waals surface area (Å²) in [4.78, 5) is 4.37. The summed E-state index contributed by atoms with van der Waals surface area (Å²) in [5.74, 6) is 1.35. The van der Waals surface area contributed by atoms with Crippen molar-refractivity contribution in [1.29, 1.82) is 0 Å². The van der Waals surface area contributed by atoms with Crippen molar-refractivity contribution >= 4 is 0 Å². The Hall–Kier alpha value is -1.31. The van der Waals surface area contributed by atoms with Gasteiger partial charge < -0.3 is 4.74 Å². The summed E-state index contributed by atoms with van der Waals surface area (Å²) in [6, 6.07) is 2.08. The number of aromatic nitrogens is 1. The largest absolute Gasteiger partial charge is 0.493 e. The first kappa shape index (κ1) is 9.25. The first-order chi connectivity index (χ1) is 6.68. The quantitative estimate of drug-likeness (QED) is 0.677. The zero-order valence-electron chi connectivity index (χ0n) is 8.71. The van der Waals surface area contributed by atoms with Crippen molar-refractivity contribution in [2.45, 2.75) is 32.8 Å². The van der Waals surface area contributed by atoms with Crippen molar-refractivity contribution in [3.8, 4) is 0 Å². The first-order valence-electron chi connectivity index (χ1n) is 4.95. The third kappa shape index (κ3) is 1.52. The Morgan fingerprint density at radius 3 is 3.00 bits per heavy atom. The van der Waals surface area contributed by atoms with E-state index in [2.05, 4.69) is 31.5 Å². The molecule has 14 heavy (non-hydrogen) atoms. The maximum absolute atomic E-state index is 5.46. The average Bonchev–Trinajstić information content (AvgIpc) is 2.16. The Bertz CT molecular complexity index is 369. The van der Waals surface area contributed by atoms with Gasteiger partial charge in [-0.15, -0.1) is 0 Å². The van der Waals surface area contributed by atoms with Gasteiger partial charge in [-0.1, -0.05) is 20.4 Å². The molecule has 0 aliphatic carbocycles. The van der Waals surface area contributed by atoms with E-state index >= 15 is 0 Å². The van der Waals surface area contributed by atoms with Crippen LogP contribution in [-0.2, 0) is 17.8 Å². The molecular weight excluding hydrogens is 174 g/mol. The van der Waals surface area contributed by atoms with Crippen LogP contribution in [0.4, 0.5) is 0 Å². The highest BCUT2D eigenvalue weighted by Crippen LogP contribution is 2.27. The standard InChI is InChI=1S/C12H15NO/c1-8(2)10-4-5-13-12-6-9(3)14-7-11(10)12/h4-5,8H,3,6-7H2,1-2H3. The predicted octanol–water partition coefficient (Wildman–Crippen LogP) is 2.79. The minimum absolute atomic E-state index is 0.529. The third-order valence-corrected chi connectivity index (χ3v) is 2.59. The number of hydrogen-bond donors (Lipinski definition) is 0. The molecule has 0 radical (unpaired) electrons. The van der Waals surface area contributed by atoms with Gasteiger partial charge in [0.15, 0.2) is 0 Å². The lowest BCUT2D eigenvalue weighted by Crippen LogP contribution is -2.12. The summed E-state index contributed by atoms with van der Waals surface area (Å²) in [6.45, 7) is 8.85. The first-order valence-corrected chi connectivity index (χ1v) is 4.95. The summed E-state index contributed by atoms with van der Waals surface area (Å²) in [5, 5.41) is 0. The van der Waals surface area contributed by atoms with E-state index in [1.165, 1.54) is 11.1 Å². The molecule has 0 aromatic carbocycles. The number of fused-ring (bicyclic) bond motifs is 1. The Morgan fingerprint density at radius 2 is 2.29 bits per heavy atom. The fourth-order valence-electron chi connectivity index (χ4n) is 1.82. The smallest absolute Gasteiger partial charge is 0.115 e. The lowest BCUT2D eigenvalue weighted by molar-refractivity contribution is 0.179. The van der Waals surface area contributed by atoms with Gasteiger partial charge >= 0.3 is 0 Å². The molecule has 1 aromatic rings. The topological polar surface area (TPSA) is 22.1 Å². The molecule has 0 saturated carbocycles. The molecule has 0 fully saturated rings. The van der Waals surface area contributed by atoms with E-state index in [0.717, 1.165) is 17.9 Å². The third-order valence-electron chi connectivity index (χ3n) is 2.59. The van der Waals surface area contributed by atoms with Crippen molar-refractivity contribution in [3.63, 3.8) is 0 Å².